The summed E-state index contributed by atoms with van der Waals surface area (Å²) in [5.74, 6) is -1.75. The molecule has 2 atom stereocenters. The van der Waals surface area contributed by atoms with E-state index >= 15 is 0 Å². The van der Waals surface area contributed by atoms with Crippen LogP contribution in [-0.2, 0) is 14.4 Å². The van der Waals surface area contributed by atoms with Crippen LogP contribution in [0.5, 0.6) is 0 Å². The van der Waals surface area contributed by atoms with Crippen LogP contribution in [0, 0.1) is 12.3 Å². The zero-order valence-corrected chi connectivity index (χ0v) is 20.7. The van der Waals surface area contributed by atoms with Gasteiger partial charge >= 0.3 is 5.97 Å². The number of hydrogen-bond donors (Lipinski definition) is 2. The summed E-state index contributed by atoms with van der Waals surface area (Å²) < 4.78 is 0. The van der Waals surface area contributed by atoms with E-state index in [1.54, 1.807) is 0 Å². The summed E-state index contributed by atoms with van der Waals surface area (Å²) in [6.07, 6.45) is 9.06. The van der Waals surface area contributed by atoms with E-state index in [0.717, 1.165) is 30.4 Å². The van der Waals surface area contributed by atoms with Crippen molar-refractivity contribution in [3.8, 4) is 0 Å². The Morgan fingerprint density at radius 3 is 2.00 bits per heavy atom. The van der Waals surface area contributed by atoms with Crippen molar-refractivity contribution in [2.45, 2.75) is 111 Å². The topological polar surface area (TPSA) is 83.5 Å². The summed E-state index contributed by atoms with van der Waals surface area (Å²) in [6, 6.07) is 6.82. The van der Waals surface area contributed by atoms with Crippen molar-refractivity contribution in [1.29, 1.82) is 0 Å². The third kappa shape index (κ3) is 10.4. The van der Waals surface area contributed by atoms with E-state index in [2.05, 4.69) is 12.2 Å². The monoisotopic (exact) mass is 445 g/mol. The Labute approximate surface area is 194 Å². The van der Waals surface area contributed by atoms with Gasteiger partial charge in [0.25, 0.3) is 0 Å². The molecule has 0 bridgehead atoms. The molecule has 1 aromatic rings. The highest BCUT2D eigenvalue weighted by atomic mass is 16.4. The van der Waals surface area contributed by atoms with Crippen LogP contribution in [0.3, 0.4) is 0 Å². The number of nitrogens with one attached hydrogen (secondary N) is 1. The number of ketones is 1. The molecule has 1 unspecified atom stereocenters. The van der Waals surface area contributed by atoms with Gasteiger partial charge in [0.1, 0.15) is 11.8 Å². The van der Waals surface area contributed by atoms with Gasteiger partial charge in [-0.2, -0.15) is 0 Å². The van der Waals surface area contributed by atoms with Gasteiger partial charge in [-0.25, -0.2) is 4.79 Å². The van der Waals surface area contributed by atoms with Crippen LogP contribution in [0.15, 0.2) is 24.3 Å². The number of Topliss-reactive ketones (excluding diaryl/α,β-unsaturated/α-hetero) is 1. The van der Waals surface area contributed by atoms with E-state index in [4.69, 9.17) is 0 Å². The molecule has 0 aromatic heterocycles. The number of carboxylic acids is 1. The normalized spacial score (nSPS) is 13.4. The lowest BCUT2D eigenvalue weighted by Gasteiger charge is -2.22. The fourth-order valence-electron chi connectivity index (χ4n) is 3.73. The lowest BCUT2D eigenvalue weighted by atomic mass is 9.87. The molecule has 0 saturated carbocycles. The van der Waals surface area contributed by atoms with Gasteiger partial charge in [-0.05, 0) is 25.3 Å². The Hall–Kier alpha value is -2.17. The molecule has 0 radical (unpaired) electrons. The largest absolute Gasteiger partial charge is 0.480 e. The standard InChI is InChI=1S/C27H43NO4/c1-6-7-8-9-10-11-12-13-22(21-16-14-20(2)15-17-21)25(30)28-23(26(31)32)18-19-24(29)27(3,4)5/h14-17,22-23H,6-13,18-19H2,1-5H3,(H,28,30)(H,31,32)/t22?,23-/m0/s1. The third-order valence-electron chi connectivity index (χ3n) is 6.00. The van der Waals surface area contributed by atoms with Crippen LogP contribution >= 0.6 is 0 Å². The fraction of sp³-hybridized carbons (Fsp3) is 0.667. The lowest BCUT2D eigenvalue weighted by Crippen LogP contribution is -2.43. The van der Waals surface area contributed by atoms with Crippen molar-refractivity contribution in [1.82, 2.24) is 5.32 Å². The van der Waals surface area contributed by atoms with Crippen LogP contribution in [0.2, 0.25) is 0 Å². The highest BCUT2D eigenvalue weighted by molar-refractivity contribution is 5.89. The summed E-state index contributed by atoms with van der Waals surface area (Å²) in [5, 5.41) is 12.3. The van der Waals surface area contributed by atoms with Gasteiger partial charge in [0.05, 0.1) is 5.92 Å². The van der Waals surface area contributed by atoms with E-state index in [0.29, 0.717) is 6.42 Å². The molecule has 0 aliphatic carbocycles. The number of aliphatic carboxylic acids is 1. The Kier molecular flexibility index (Phi) is 12.3. The second-order valence-corrected chi connectivity index (χ2v) is 9.98. The number of aryl methyl sites for hydroxylation is 1. The van der Waals surface area contributed by atoms with E-state index in [9.17, 15) is 19.5 Å². The lowest BCUT2D eigenvalue weighted by molar-refractivity contribution is -0.142. The van der Waals surface area contributed by atoms with Gasteiger partial charge in [-0.3, -0.25) is 9.59 Å². The first-order valence-corrected chi connectivity index (χ1v) is 12.2. The maximum atomic E-state index is 13.1. The van der Waals surface area contributed by atoms with Crippen LogP contribution in [-0.4, -0.2) is 28.8 Å². The summed E-state index contributed by atoms with van der Waals surface area (Å²) in [5.41, 5.74) is 1.51. The number of carbonyl (C=O) groups excluding carboxylic acids is 2. The molecule has 1 rings (SSSR count). The number of unbranched alkanes of at least 4 members (excludes halogenated alkanes) is 6. The molecule has 0 heterocycles. The second-order valence-electron chi connectivity index (χ2n) is 9.98. The summed E-state index contributed by atoms with van der Waals surface area (Å²) in [4.78, 5) is 37.1. The van der Waals surface area contributed by atoms with E-state index in [-0.39, 0.29) is 30.4 Å². The molecule has 0 aliphatic rings. The molecule has 1 amide bonds. The summed E-state index contributed by atoms with van der Waals surface area (Å²) in [7, 11) is 0. The molecule has 1 aromatic carbocycles. The highest BCUT2D eigenvalue weighted by Crippen LogP contribution is 2.25. The number of benzene rings is 1. The molecule has 0 aliphatic heterocycles. The van der Waals surface area contributed by atoms with E-state index < -0.39 is 17.4 Å². The SMILES string of the molecule is CCCCCCCCCC(C(=O)N[C@@H](CCC(=O)C(C)(C)C)C(=O)O)c1ccc(C)cc1. The van der Waals surface area contributed by atoms with Crippen molar-refractivity contribution < 1.29 is 19.5 Å². The third-order valence-corrected chi connectivity index (χ3v) is 6.00. The van der Waals surface area contributed by atoms with Crippen LogP contribution in [0.4, 0.5) is 0 Å². The Bertz CT molecular complexity index is 718. The van der Waals surface area contributed by atoms with Crippen LogP contribution in [0.1, 0.15) is 109 Å². The van der Waals surface area contributed by atoms with Gasteiger partial charge < -0.3 is 10.4 Å². The predicted octanol–water partition coefficient (Wildman–Crippen LogP) is 6.18. The van der Waals surface area contributed by atoms with Crippen molar-refractivity contribution in [3.05, 3.63) is 35.4 Å². The van der Waals surface area contributed by atoms with Crippen molar-refractivity contribution in [2.24, 2.45) is 5.41 Å². The van der Waals surface area contributed by atoms with Crippen molar-refractivity contribution in [2.75, 3.05) is 0 Å². The maximum Gasteiger partial charge on any atom is 0.326 e. The first-order chi connectivity index (χ1) is 15.1. The molecule has 0 fully saturated rings. The van der Waals surface area contributed by atoms with Gasteiger partial charge in [-0.1, -0.05) is 102 Å². The van der Waals surface area contributed by atoms with Crippen molar-refractivity contribution in [3.63, 3.8) is 0 Å². The van der Waals surface area contributed by atoms with Crippen LogP contribution < -0.4 is 5.32 Å². The Morgan fingerprint density at radius 1 is 0.906 bits per heavy atom. The quantitative estimate of drug-likeness (QED) is 0.316. The Balaban J connectivity index is 2.78. The van der Waals surface area contributed by atoms with Gasteiger partial charge in [0, 0.05) is 11.8 Å². The fourth-order valence-corrected chi connectivity index (χ4v) is 3.73. The zero-order valence-electron chi connectivity index (χ0n) is 20.7. The first-order valence-electron chi connectivity index (χ1n) is 12.2. The second kappa shape index (κ2) is 14.1. The Morgan fingerprint density at radius 2 is 1.47 bits per heavy atom. The van der Waals surface area contributed by atoms with Gasteiger partial charge in [0.15, 0.2) is 0 Å². The minimum Gasteiger partial charge on any atom is -0.480 e. The molecular weight excluding hydrogens is 402 g/mol. The summed E-state index contributed by atoms with van der Waals surface area (Å²) >= 11 is 0. The molecule has 0 spiro atoms. The minimum atomic E-state index is -1.10. The number of amides is 1. The molecule has 0 saturated heterocycles. The van der Waals surface area contributed by atoms with E-state index in [1.807, 2.05) is 52.0 Å². The highest BCUT2D eigenvalue weighted by Gasteiger charge is 2.28. The van der Waals surface area contributed by atoms with Gasteiger partial charge in [0.2, 0.25) is 5.91 Å². The maximum absolute atomic E-state index is 13.1. The van der Waals surface area contributed by atoms with Crippen molar-refractivity contribution >= 4 is 17.7 Å². The summed E-state index contributed by atoms with van der Waals surface area (Å²) in [6.45, 7) is 9.66. The average molecular weight is 446 g/mol. The minimum absolute atomic E-state index is 0.00356. The molecule has 32 heavy (non-hydrogen) atoms. The molecule has 5 nitrogen and oxygen atoms in total. The number of hydrogen-bond acceptors (Lipinski definition) is 3. The zero-order chi connectivity index (χ0) is 24.1. The number of rotatable bonds is 15. The van der Waals surface area contributed by atoms with Crippen LogP contribution in [0.25, 0.3) is 0 Å². The molecule has 5 heteroatoms. The smallest absolute Gasteiger partial charge is 0.326 e. The molecule has 180 valence electrons. The number of carboxylic acid groups (broad SMARTS) is 1. The van der Waals surface area contributed by atoms with E-state index in [1.165, 1.54) is 25.7 Å². The number of carbonyl (C=O) groups is 3. The molecule has 2 N–H and O–H groups in total. The first kappa shape index (κ1) is 27.9. The average Bonchev–Trinajstić information content (AvgIpc) is 2.72. The molecular formula is C27H43NO4. The predicted molar refractivity (Wildman–Crippen MR) is 130 cm³/mol. The van der Waals surface area contributed by atoms with Gasteiger partial charge in [-0.15, -0.1) is 0 Å².